The van der Waals surface area contributed by atoms with Crippen molar-refractivity contribution >= 4 is 5.91 Å². The molecule has 1 amide bonds. The number of carbonyl (C=O) groups is 1. The number of aliphatic hydroxyl groups is 1. The van der Waals surface area contributed by atoms with Gasteiger partial charge in [0.25, 0.3) is 0 Å². The zero-order chi connectivity index (χ0) is 11.4. The quantitative estimate of drug-likeness (QED) is 0.593. The molecule has 0 saturated carbocycles. The van der Waals surface area contributed by atoms with Crippen LogP contribution in [0.3, 0.4) is 0 Å². The molecule has 84 valence electrons. The van der Waals surface area contributed by atoms with Crippen LogP contribution in [-0.4, -0.2) is 36.2 Å². The molecule has 0 aliphatic rings. The predicted molar refractivity (Wildman–Crippen MR) is 57.0 cm³/mol. The summed E-state index contributed by atoms with van der Waals surface area (Å²) < 4.78 is 0. The van der Waals surface area contributed by atoms with E-state index in [1.54, 1.807) is 20.9 Å². The Morgan fingerprint density at radius 3 is 2.29 bits per heavy atom. The lowest BCUT2D eigenvalue weighted by molar-refractivity contribution is -0.122. The molecule has 0 saturated heterocycles. The van der Waals surface area contributed by atoms with Crippen LogP contribution >= 0.6 is 0 Å². The van der Waals surface area contributed by atoms with Crippen molar-refractivity contribution in [3.05, 3.63) is 0 Å². The summed E-state index contributed by atoms with van der Waals surface area (Å²) in [5, 5.41) is 15.4. The summed E-state index contributed by atoms with van der Waals surface area (Å²) in [5.74, 6) is 0.0939. The third-order valence-electron chi connectivity index (χ3n) is 2.65. The topological polar surface area (TPSA) is 61.4 Å². The fourth-order valence-electron chi connectivity index (χ4n) is 0.873. The normalized spacial score (nSPS) is 17.6. The lowest BCUT2D eigenvalue weighted by Crippen LogP contribution is -2.49. The maximum absolute atomic E-state index is 11.1. The Hall–Kier alpha value is -0.610. The Morgan fingerprint density at radius 1 is 1.43 bits per heavy atom. The zero-order valence-corrected chi connectivity index (χ0v) is 9.72. The van der Waals surface area contributed by atoms with Crippen molar-refractivity contribution in [2.75, 3.05) is 13.6 Å². The molecular formula is C10H22N2O2. The molecule has 2 unspecified atom stereocenters. The first-order valence-corrected chi connectivity index (χ1v) is 4.98. The van der Waals surface area contributed by atoms with Crippen LogP contribution in [0.4, 0.5) is 0 Å². The fraction of sp³-hybridized carbons (Fsp3) is 0.900. The van der Waals surface area contributed by atoms with Gasteiger partial charge >= 0.3 is 0 Å². The van der Waals surface area contributed by atoms with Gasteiger partial charge in [0, 0.05) is 13.6 Å². The van der Waals surface area contributed by atoms with Crippen LogP contribution < -0.4 is 10.6 Å². The number of hydrogen-bond acceptors (Lipinski definition) is 3. The molecule has 14 heavy (non-hydrogen) atoms. The van der Waals surface area contributed by atoms with Gasteiger partial charge in [-0.15, -0.1) is 0 Å². The highest BCUT2D eigenvalue weighted by atomic mass is 16.3. The smallest absolute Gasteiger partial charge is 0.236 e. The number of nitrogens with one attached hydrogen (secondary N) is 2. The highest BCUT2D eigenvalue weighted by molar-refractivity contribution is 5.80. The number of rotatable bonds is 5. The van der Waals surface area contributed by atoms with Gasteiger partial charge in [0.15, 0.2) is 0 Å². The summed E-state index contributed by atoms with van der Waals surface area (Å²) >= 11 is 0. The molecule has 3 N–H and O–H groups in total. The van der Waals surface area contributed by atoms with Gasteiger partial charge in [-0.05, 0) is 19.8 Å². The van der Waals surface area contributed by atoms with Gasteiger partial charge in [0.05, 0.1) is 11.6 Å². The minimum Gasteiger partial charge on any atom is -0.389 e. The summed E-state index contributed by atoms with van der Waals surface area (Å²) in [6, 6.07) is -0.273. The third kappa shape index (κ3) is 4.07. The van der Waals surface area contributed by atoms with E-state index in [0.29, 0.717) is 6.54 Å². The summed E-state index contributed by atoms with van der Waals surface area (Å²) in [6.45, 7) is 7.86. The van der Waals surface area contributed by atoms with E-state index in [4.69, 9.17) is 0 Å². The van der Waals surface area contributed by atoms with E-state index in [-0.39, 0.29) is 17.9 Å². The highest BCUT2D eigenvalue weighted by Gasteiger charge is 2.25. The number of amides is 1. The SMILES string of the molecule is CNC(=O)C(C)NCC(C)(O)C(C)C. The largest absolute Gasteiger partial charge is 0.389 e. The van der Waals surface area contributed by atoms with E-state index in [1.165, 1.54) is 0 Å². The molecule has 0 rings (SSSR count). The van der Waals surface area contributed by atoms with Gasteiger partial charge in [-0.3, -0.25) is 4.79 Å². The number of likely N-dealkylation sites (N-methyl/N-ethyl adjacent to an activating group) is 1. The Labute approximate surface area is 86.1 Å². The lowest BCUT2D eigenvalue weighted by atomic mass is 9.92. The minimum atomic E-state index is -0.776. The minimum absolute atomic E-state index is 0.0652. The number of carbonyl (C=O) groups excluding carboxylic acids is 1. The second kappa shape index (κ2) is 5.32. The van der Waals surface area contributed by atoms with Crippen molar-refractivity contribution in [3.8, 4) is 0 Å². The van der Waals surface area contributed by atoms with Crippen LogP contribution in [0.15, 0.2) is 0 Å². The Kier molecular flexibility index (Phi) is 5.08. The Morgan fingerprint density at radius 2 is 1.93 bits per heavy atom. The van der Waals surface area contributed by atoms with Crippen LogP contribution in [0.1, 0.15) is 27.7 Å². The molecule has 2 atom stereocenters. The molecule has 0 radical (unpaired) electrons. The van der Waals surface area contributed by atoms with Crippen LogP contribution in [0.5, 0.6) is 0 Å². The maximum Gasteiger partial charge on any atom is 0.236 e. The van der Waals surface area contributed by atoms with Crippen LogP contribution in [0.25, 0.3) is 0 Å². The van der Waals surface area contributed by atoms with Crippen LogP contribution in [0.2, 0.25) is 0 Å². The van der Waals surface area contributed by atoms with Crippen molar-refractivity contribution in [3.63, 3.8) is 0 Å². The van der Waals surface area contributed by atoms with Crippen LogP contribution in [0, 0.1) is 5.92 Å². The molecule has 0 aromatic rings. The summed E-state index contributed by atoms with van der Waals surface area (Å²) in [7, 11) is 1.60. The van der Waals surface area contributed by atoms with E-state index in [1.807, 2.05) is 13.8 Å². The second-order valence-corrected chi connectivity index (χ2v) is 4.23. The standard InChI is InChI=1S/C10H22N2O2/c1-7(2)10(4,14)6-12-8(3)9(13)11-5/h7-8,12,14H,6H2,1-5H3,(H,11,13). The molecule has 4 nitrogen and oxygen atoms in total. The molecule has 0 heterocycles. The molecule has 0 fully saturated rings. The molecule has 4 heteroatoms. The Bertz CT molecular complexity index is 191. The molecular weight excluding hydrogens is 180 g/mol. The van der Waals surface area contributed by atoms with Crippen molar-refractivity contribution < 1.29 is 9.90 Å². The molecule has 0 spiro atoms. The number of hydrogen-bond donors (Lipinski definition) is 3. The third-order valence-corrected chi connectivity index (χ3v) is 2.65. The van der Waals surface area contributed by atoms with Gasteiger partial charge in [0.1, 0.15) is 0 Å². The van der Waals surface area contributed by atoms with Crippen molar-refractivity contribution in [1.82, 2.24) is 10.6 Å². The molecule has 0 bridgehead atoms. The fourth-order valence-corrected chi connectivity index (χ4v) is 0.873. The zero-order valence-electron chi connectivity index (χ0n) is 9.72. The first-order chi connectivity index (χ1) is 6.31. The Balaban J connectivity index is 3.99. The van der Waals surface area contributed by atoms with Gasteiger partial charge < -0.3 is 15.7 Å². The monoisotopic (exact) mass is 202 g/mol. The van der Waals surface area contributed by atoms with Crippen LogP contribution in [-0.2, 0) is 4.79 Å². The first-order valence-electron chi connectivity index (χ1n) is 4.98. The van der Waals surface area contributed by atoms with Gasteiger partial charge in [-0.2, -0.15) is 0 Å². The van der Waals surface area contributed by atoms with Gasteiger partial charge in [-0.1, -0.05) is 13.8 Å². The average Bonchev–Trinajstić information content (AvgIpc) is 2.12. The summed E-state index contributed by atoms with van der Waals surface area (Å²) in [5.41, 5.74) is -0.776. The summed E-state index contributed by atoms with van der Waals surface area (Å²) in [6.07, 6.45) is 0. The second-order valence-electron chi connectivity index (χ2n) is 4.23. The summed E-state index contributed by atoms with van der Waals surface area (Å²) in [4.78, 5) is 11.1. The lowest BCUT2D eigenvalue weighted by Gasteiger charge is -2.29. The van der Waals surface area contributed by atoms with E-state index in [0.717, 1.165) is 0 Å². The van der Waals surface area contributed by atoms with E-state index >= 15 is 0 Å². The molecule has 0 aliphatic carbocycles. The van der Waals surface area contributed by atoms with Gasteiger partial charge in [-0.25, -0.2) is 0 Å². The van der Waals surface area contributed by atoms with Crippen molar-refractivity contribution in [2.45, 2.75) is 39.3 Å². The molecule has 0 aromatic heterocycles. The van der Waals surface area contributed by atoms with Gasteiger partial charge in [0.2, 0.25) is 5.91 Å². The molecule has 0 aliphatic heterocycles. The van der Waals surface area contributed by atoms with Crippen molar-refractivity contribution in [1.29, 1.82) is 0 Å². The average molecular weight is 202 g/mol. The molecule has 0 aromatic carbocycles. The first kappa shape index (κ1) is 13.4. The van der Waals surface area contributed by atoms with E-state index in [2.05, 4.69) is 10.6 Å². The van der Waals surface area contributed by atoms with Crippen molar-refractivity contribution in [2.24, 2.45) is 5.92 Å². The highest BCUT2D eigenvalue weighted by Crippen LogP contribution is 2.14. The maximum atomic E-state index is 11.1. The van der Waals surface area contributed by atoms with E-state index in [9.17, 15) is 9.90 Å². The predicted octanol–water partition coefficient (Wildman–Crippen LogP) is 0.118. The van der Waals surface area contributed by atoms with E-state index < -0.39 is 5.60 Å².